The predicted octanol–water partition coefficient (Wildman–Crippen LogP) is 0.541. The molecule has 0 saturated heterocycles. The van der Waals surface area contributed by atoms with Gasteiger partial charge in [-0.05, 0) is 0 Å². The van der Waals surface area contributed by atoms with Gasteiger partial charge in [0.05, 0.1) is 13.3 Å². The van der Waals surface area contributed by atoms with Crippen molar-refractivity contribution in [3.8, 4) is 0 Å². The van der Waals surface area contributed by atoms with Crippen molar-refractivity contribution in [1.82, 2.24) is 9.97 Å². The highest BCUT2D eigenvalue weighted by Gasteiger charge is 2.14. The smallest absolute Gasteiger partial charge is 0.344 e. The zero-order valence-electron chi connectivity index (χ0n) is 6.04. The summed E-state index contributed by atoms with van der Waals surface area (Å²) in [5.41, 5.74) is -0.487. The van der Waals surface area contributed by atoms with Crippen molar-refractivity contribution >= 4 is 5.97 Å². The number of aromatic nitrogens is 2. The molecular formula is C6H4F2N2O2. The van der Waals surface area contributed by atoms with Crippen LogP contribution in [0.2, 0.25) is 0 Å². The molecule has 0 aliphatic heterocycles. The molecule has 0 spiro atoms. The number of methoxy groups -OCH3 is 1. The van der Waals surface area contributed by atoms with Gasteiger partial charge in [0, 0.05) is 0 Å². The molecule has 12 heavy (non-hydrogen) atoms. The fourth-order valence-corrected chi connectivity index (χ4v) is 0.588. The summed E-state index contributed by atoms with van der Waals surface area (Å²) in [5, 5.41) is 0. The molecule has 0 radical (unpaired) electrons. The van der Waals surface area contributed by atoms with Crippen LogP contribution in [0.3, 0.4) is 0 Å². The Kier molecular flexibility index (Phi) is 2.27. The van der Waals surface area contributed by atoms with Crippen LogP contribution in [0, 0.1) is 12.0 Å². The van der Waals surface area contributed by atoms with Crippen molar-refractivity contribution in [3.63, 3.8) is 0 Å². The molecule has 0 atom stereocenters. The Morgan fingerprint density at radius 3 is 2.75 bits per heavy atom. The maximum absolute atomic E-state index is 12.6. The van der Waals surface area contributed by atoms with Crippen LogP contribution >= 0.6 is 0 Å². The molecule has 1 rings (SSSR count). The number of nitrogens with zero attached hydrogens (tertiary/aromatic N) is 2. The molecule has 0 aliphatic carbocycles. The van der Waals surface area contributed by atoms with Gasteiger partial charge >= 0.3 is 12.0 Å². The van der Waals surface area contributed by atoms with E-state index < -0.39 is 23.6 Å². The molecular weight excluding hydrogens is 170 g/mol. The van der Waals surface area contributed by atoms with Gasteiger partial charge in [-0.25, -0.2) is 9.78 Å². The number of carbonyl (C=O) groups is 1. The van der Waals surface area contributed by atoms with Crippen LogP contribution < -0.4 is 0 Å². The molecule has 0 saturated carbocycles. The van der Waals surface area contributed by atoms with Gasteiger partial charge in [0.15, 0.2) is 0 Å². The molecule has 0 unspecified atom stereocenters. The lowest BCUT2D eigenvalue weighted by molar-refractivity contribution is 0.0593. The molecule has 0 fully saturated rings. The summed E-state index contributed by atoms with van der Waals surface area (Å²) in [5.74, 6) is -2.16. The van der Waals surface area contributed by atoms with Gasteiger partial charge < -0.3 is 4.74 Å². The minimum atomic E-state index is -1.23. The zero-order valence-corrected chi connectivity index (χ0v) is 6.04. The Labute approximate surface area is 66.2 Å². The molecule has 1 heterocycles. The molecule has 0 aliphatic rings. The second-order valence-electron chi connectivity index (χ2n) is 1.84. The van der Waals surface area contributed by atoms with Crippen LogP contribution in [0.15, 0.2) is 6.20 Å². The number of hydrogen-bond acceptors (Lipinski definition) is 4. The number of esters is 1. The van der Waals surface area contributed by atoms with E-state index in [1.165, 1.54) is 0 Å². The van der Waals surface area contributed by atoms with E-state index in [9.17, 15) is 13.6 Å². The topological polar surface area (TPSA) is 52.1 Å². The fraction of sp³-hybridized carbons (Fsp3) is 0.167. The lowest BCUT2D eigenvalue weighted by Gasteiger charge is -1.97. The minimum absolute atomic E-state index is 0.487. The zero-order chi connectivity index (χ0) is 9.14. The Bertz CT molecular complexity index is 316. The SMILES string of the molecule is COC(=O)c1cnc(F)nc1F. The van der Waals surface area contributed by atoms with Crippen LogP contribution in [-0.4, -0.2) is 23.0 Å². The molecule has 0 amide bonds. The number of ether oxygens (including phenoxy) is 1. The first-order chi connectivity index (χ1) is 5.65. The summed E-state index contributed by atoms with van der Waals surface area (Å²) < 4.78 is 28.9. The van der Waals surface area contributed by atoms with Gasteiger partial charge in [-0.3, -0.25) is 0 Å². The molecule has 1 aromatic rings. The maximum Gasteiger partial charge on any atom is 0.344 e. The summed E-state index contributed by atoms with van der Waals surface area (Å²) in [4.78, 5) is 16.4. The molecule has 1 aromatic heterocycles. The minimum Gasteiger partial charge on any atom is -0.465 e. The summed E-state index contributed by atoms with van der Waals surface area (Å²) in [6, 6.07) is 0. The Hall–Kier alpha value is -1.59. The first-order valence-electron chi connectivity index (χ1n) is 2.91. The van der Waals surface area contributed by atoms with Crippen molar-refractivity contribution in [2.75, 3.05) is 7.11 Å². The molecule has 0 bridgehead atoms. The van der Waals surface area contributed by atoms with E-state index in [1.807, 2.05) is 0 Å². The number of hydrogen-bond donors (Lipinski definition) is 0. The van der Waals surface area contributed by atoms with Gasteiger partial charge in [-0.15, -0.1) is 0 Å². The van der Waals surface area contributed by atoms with Crippen molar-refractivity contribution in [3.05, 3.63) is 23.8 Å². The molecule has 0 aromatic carbocycles. The summed E-state index contributed by atoms with van der Waals surface area (Å²) in [6.45, 7) is 0. The summed E-state index contributed by atoms with van der Waals surface area (Å²) in [7, 11) is 1.07. The third kappa shape index (κ3) is 1.52. The summed E-state index contributed by atoms with van der Waals surface area (Å²) >= 11 is 0. The first-order valence-corrected chi connectivity index (χ1v) is 2.91. The van der Waals surface area contributed by atoms with Gasteiger partial charge in [0.25, 0.3) is 0 Å². The second kappa shape index (κ2) is 3.21. The predicted molar refractivity (Wildman–Crippen MR) is 33.3 cm³/mol. The van der Waals surface area contributed by atoms with Gasteiger partial charge in [-0.2, -0.15) is 13.8 Å². The molecule has 4 nitrogen and oxygen atoms in total. The number of halogens is 2. The van der Waals surface area contributed by atoms with E-state index in [1.54, 1.807) is 0 Å². The van der Waals surface area contributed by atoms with Crippen LogP contribution in [0.5, 0.6) is 0 Å². The van der Waals surface area contributed by atoms with Gasteiger partial charge in [0.1, 0.15) is 5.56 Å². The standard InChI is InChI=1S/C6H4F2N2O2/c1-12-5(11)3-2-9-6(8)10-4(3)7/h2H,1H3. The highest BCUT2D eigenvalue weighted by molar-refractivity contribution is 5.88. The maximum atomic E-state index is 12.6. The normalized spacial score (nSPS) is 9.58. The van der Waals surface area contributed by atoms with Crippen molar-refractivity contribution in [2.24, 2.45) is 0 Å². The average Bonchev–Trinajstić information content (AvgIpc) is 2.03. The lowest BCUT2D eigenvalue weighted by Crippen LogP contribution is -2.08. The molecule has 6 heteroatoms. The second-order valence-corrected chi connectivity index (χ2v) is 1.84. The summed E-state index contributed by atoms with van der Waals surface area (Å²) in [6.07, 6.45) is -0.496. The van der Waals surface area contributed by atoms with Crippen molar-refractivity contribution in [2.45, 2.75) is 0 Å². The highest BCUT2D eigenvalue weighted by Crippen LogP contribution is 2.03. The fourth-order valence-electron chi connectivity index (χ4n) is 0.588. The average molecular weight is 174 g/mol. The van der Waals surface area contributed by atoms with E-state index in [0.29, 0.717) is 0 Å². The Balaban J connectivity index is 3.09. The van der Waals surface area contributed by atoms with Crippen molar-refractivity contribution < 1.29 is 18.3 Å². The van der Waals surface area contributed by atoms with E-state index >= 15 is 0 Å². The van der Waals surface area contributed by atoms with Gasteiger partial charge in [-0.1, -0.05) is 0 Å². The lowest BCUT2D eigenvalue weighted by atomic mass is 10.3. The Morgan fingerprint density at radius 1 is 1.58 bits per heavy atom. The van der Waals surface area contributed by atoms with Crippen molar-refractivity contribution in [1.29, 1.82) is 0 Å². The third-order valence-electron chi connectivity index (χ3n) is 1.12. The van der Waals surface area contributed by atoms with Crippen LogP contribution in [0.1, 0.15) is 10.4 Å². The van der Waals surface area contributed by atoms with Crippen LogP contribution in [0.4, 0.5) is 8.78 Å². The van der Waals surface area contributed by atoms with E-state index in [2.05, 4.69) is 14.7 Å². The Morgan fingerprint density at radius 2 is 2.25 bits per heavy atom. The monoisotopic (exact) mass is 174 g/mol. The number of rotatable bonds is 1. The van der Waals surface area contributed by atoms with E-state index in [-0.39, 0.29) is 0 Å². The quantitative estimate of drug-likeness (QED) is 0.354. The largest absolute Gasteiger partial charge is 0.465 e. The highest BCUT2D eigenvalue weighted by atomic mass is 19.1. The van der Waals surface area contributed by atoms with Crippen LogP contribution in [0.25, 0.3) is 0 Å². The number of carbonyl (C=O) groups excluding carboxylic acids is 1. The molecule has 0 N–H and O–H groups in total. The third-order valence-corrected chi connectivity index (χ3v) is 1.12. The van der Waals surface area contributed by atoms with E-state index in [0.717, 1.165) is 13.3 Å². The first kappa shape index (κ1) is 8.51. The van der Waals surface area contributed by atoms with E-state index in [4.69, 9.17) is 0 Å². The van der Waals surface area contributed by atoms with Gasteiger partial charge in [0.2, 0.25) is 5.95 Å². The van der Waals surface area contributed by atoms with Crippen LogP contribution in [-0.2, 0) is 4.74 Å². The molecule has 64 valence electrons.